The summed E-state index contributed by atoms with van der Waals surface area (Å²) in [6.45, 7) is 5.32. The van der Waals surface area contributed by atoms with Gasteiger partial charge in [0.15, 0.2) is 11.0 Å². The average Bonchev–Trinajstić information content (AvgIpc) is 3.19. The first-order valence-corrected chi connectivity index (χ1v) is 12.2. The lowest BCUT2D eigenvalue weighted by Crippen LogP contribution is -2.28. The molecular formula is C24H26ClN5O4S. The molecule has 2 aromatic carbocycles. The molecule has 0 fully saturated rings. The molecule has 0 bridgehead atoms. The van der Waals surface area contributed by atoms with E-state index in [0.717, 1.165) is 0 Å². The molecule has 11 heteroatoms. The molecule has 1 aromatic heterocycles. The third kappa shape index (κ3) is 7.06. The highest BCUT2D eigenvalue weighted by molar-refractivity contribution is 7.99. The normalized spacial score (nSPS) is 11.7. The van der Waals surface area contributed by atoms with Crippen molar-refractivity contribution in [3.8, 4) is 0 Å². The summed E-state index contributed by atoms with van der Waals surface area (Å²) in [5, 5.41) is 14.7. The minimum absolute atomic E-state index is 0.0354. The number of nitrogens with zero attached hydrogens (tertiary/aromatic N) is 3. The molecule has 1 heterocycles. The van der Waals surface area contributed by atoms with E-state index in [9.17, 15) is 14.4 Å². The molecule has 2 N–H and O–H groups in total. The number of carbonyl (C=O) groups is 3. The Kier molecular flexibility index (Phi) is 8.89. The molecule has 0 aliphatic rings. The number of amides is 2. The maximum Gasteiger partial charge on any atom is 0.338 e. The van der Waals surface area contributed by atoms with Crippen LogP contribution in [0.3, 0.4) is 0 Å². The molecule has 9 nitrogen and oxygen atoms in total. The molecule has 2 amide bonds. The van der Waals surface area contributed by atoms with Gasteiger partial charge >= 0.3 is 5.97 Å². The van der Waals surface area contributed by atoms with Gasteiger partial charge in [-0.15, -0.1) is 10.2 Å². The molecule has 0 spiro atoms. The Hall–Kier alpha value is -3.37. The smallest absolute Gasteiger partial charge is 0.338 e. The van der Waals surface area contributed by atoms with Gasteiger partial charge in [-0.3, -0.25) is 9.59 Å². The highest BCUT2D eigenvalue weighted by Gasteiger charge is 2.19. The van der Waals surface area contributed by atoms with Crippen molar-refractivity contribution in [1.29, 1.82) is 0 Å². The average molecular weight is 516 g/mol. The SMILES string of the molecule is CC(C)OC(=O)c1ccc(Cl)c(NC(=O)CSc2nnc(C(C)NC(=O)c3ccccc3)n2C)c1. The number of nitrogens with one attached hydrogen (secondary N) is 2. The maximum atomic E-state index is 12.5. The van der Waals surface area contributed by atoms with E-state index in [2.05, 4.69) is 20.8 Å². The second-order valence-electron chi connectivity index (χ2n) is 7.95. The predicted molar refractivity (Wildman–Crippen MR) is 135 cm³/mol. The number of carbonyl (C=O) groups excluding carboxylic acids is 3. The molecule has 35 heavy (non-hydrogen) atoms. The fourth-order valence-electron chi connectivity index (χ4n) is 3.11. The summed E-state index contributed by atoms with van der Waals surface area (Å²) >= 11 is 7.37. The van der Waals surface area contributed by atoms with E-state index in [1.807, 2.05) is 13.0 Å². The molecule has 3 aromatic rings. The van der Waals surface area contributed by atoms with Crippen molar-refractivity contribution in [3.63, 3.8) is 0 Å². The number of rotatable bonds is 9. The van der Waals surface area contributed by atoms with Gasteiger partial charge in [0.05, 0.1) is 34.2 Å². The van der Waals surface area contributed by atoms with Gasteiger partial charge in [-0.1, -0.05) is 41.6 Å². The quantitative estimate of drug-likeness (QED) is 0.323. The standard InChI is InChI=1S/C24H26ClN5O4S/c1-14(2)34-23(33)17-10-11-18(25)19(12-17)27-20(31)13-35-24-29-28-21(30(24)4)15(3)26-22(32)16-8-6-5-7-9-16/h5-12,14-15H,13H2,1-4H3,(H,26,32)(H,27,31). The second kappa shape index (κ2) is 11.9. The summed E-state index contributed by atoms with van der Waals surface area (Å²) in [6, 6.07) is 13.0. The number of ether oxygens (including phenoxy) is 1. The van der Waals surface area contributed by atoms with Crippen LogP contribution in [0.4, 0.5) is 5.69 Å². The molecule has 3 rings (SSSR count). The van der Waals surface area contributed by atoms with Gasteiger partial charge in [0, 0.05) is 12.6 Å². The highest BCUT2D eigenvalue weighted by atomic mass is 35.5. The van der Waals surface area contributed by atoms with Crippen LogP contribution in [0.25, 0.3) is 0 Å². The monoisotopic (exact) mass is 515 g/mol. The van der Waals surface area contributed by atoms with Crippen LogP contribution in [0.5, 0.6) is 0 Å². The summed E-state index contributed by atoms with van der Waals surface area (Å²) in [6.07, 6.45) is -0.265. The van der Waals surface area contributed by atoms with Crippen molar-refractivity contribution in [2.24, 2.45) is 7.05 Å². The molecular weight excluding hydrogens is 490 g/mol. The van der Waals surface area contributed by atoms with Gasteiger partial charge in [0.1, 0.15) is 0 Å². The molecule has 1 atom stereocenters. The van der Waals surface area contributed by atoms with Crippen LogP contribution in [-0.2, 0) is 16.6 Å². The number of hydrogen-bond acceptors (Lipinski definition) is 7. The van der Waals surface area contributed by atoms with Crippen LogP contribution in [0.2, 0.25) is 5.02 Å². The first-order chi connectivity index (χ1) is 16.7. The predicted octanol–water partition coefficient (Wildman–Crippen LogP) is 4.26. The van der Waals surface area contributed by atoms with E-state index in [1.165, 1.54) is 30.0 Å². The molecule has 1 unspecified atom stereocenters. The number of aromatic nitrogens is 3. The van der Waals surface area contributed by atoms with Crippen molar-refractivity contribution in [3.05, 3.63) is 70.5 Å². The molecule has 0 saturated carbocycles. The van der Waals surface area contributed by atoms with Crippen molar-refractivity contribution in [1.82, 2.24) is 20.1 Å². The molecule has 0 aliphatic carbocycles. The minimum Gasteiger partial charge on any atom is -0.459 e. The zero-order chi connectivity index (χ0) is 25.5. The van der Waals surface area contributed by atoms with Crippen LogP contribution >= 0.6 is 23.4 Å². The lowest BCUT2D eigenvalue weighted by Gasteiger charge is -2.13. The van der Waals surface area contributed by atoms with Gasteiger partial charge in [0.25, 0.3) is 5.91 Å². The first-order valence-electron chi connectivity index (χ1n) is 10.8. The minimum atomic E-state index is -0.498. The Morgan fingerprint density at radius 2 is 1.77 bits per heavy atom. The van der Waals surface area contributed by atoms with Crippen LogP contribution in [-0.4, -0.2) is 44.4 Å². The Morgan fingerprint density at radius 3 is 2.46 bits per heavy atom. The van der Waals surface area contributed by atoms with Crippen LogP contribution in [0, 0.1) is 0 Å². The van der Waals surface area contributed by atoms with E-state index >= 15 is 0 Å². The van der Waals surface area contributed by atoms with Crippen LogP contribution in [0.15, 0.2) is 53.7 Å². The van der Waals surface area contributed by atoms with Crippen LogP contribution in [0.1, 0.15) is 53.4 Å². The van der Waals surface area contributed by atoms with Gasteiger partial charge in [-0.25, -0.2) is 4.79 Å². The van der Waals surface area contributed by atoms with E-state index in [1.54, 1.807) is 49.7 Å². The van der Waals surface area contributed by atoms with Gasteiger partial charge in [-0.2, -0.15) is 0 Å². The van der Waals surface area contributed by atoms with Crippen molar-refractivity contribution < 1.29 is 19.1 Å². The third-order valence-electron chi connectivity index (χ3n) is 4.79. The Balaban J connectivity index is 1.59. The fourth-order valence-corrected chi connectivity index (χ4v) is 3.99. The topological polar surface area (TPSA) is 115 Å². The molecule has 184 valence electrons. The maximum absolute atomic E-state index is 12.5. The molecule has 0 radical (unpaired) electrons. The molecule has 0 saturated heterocycles. The lowest BCUT2D eigenvalue weighted by molar-refractivity contribution is -0.113. The number of hydrogen-bond donors (Lipinski definition) is 2. The zero-order valence-corrected chi connectivity index (χ0v) is 21.3. The van der Waals surface area contributed by atoms with E-state index in [0.29, 0.717) is 27.3 Å². The van der Waals surface area contributed by atoms with Gasteiger partial charge < -0.3 is 19.9 Å². The summed E-state index contributed by atoms with van der Waals surface area (Å²) in [5.41, 5.74) is 1.15. The largest absolute Gasteiger partial charge is 0.459 e. The van der Waals surface area contributed by atoms with E-state index in [4.69, 9.17) is 16.3 Å². The highest BCUT2D eigenvalue weighted by Crippen LogP contribution is 2.25. The second-order valence-corrected chi connectivity index (χ2v) is 9.30. The lowest BCUT2D eigenvalue weighted by atomic mass is 10.2. The van der Waals surface area contributed by atoms with Crippen molar-refractivity contribution in [2.75, 3.05) is 11.1 Å². The number of halogens is 1. The van der Waals surface area contributed by atoms with Crippen molar-refractivity contribution >= 4 is 46.8 Å². The third-order valence-corrected chi connectivity index (χ3v) is 6.14. The summed E-state index contributed by atoms with van der Waals surface area (Å²) in [4.78, 5) is 37.1. The molecule has 0 aliphatic heterocycles. The Labute approximate surface area is 212 Å². The summed E-state index contributed by atoms with van der Waals surface area (Å²) in [7, 11) is 1.77. The zero-order valence-electron chi connectivity index (χ0n) is 19.7. The summed E-state index contributed by atoms with van der Waals surface area (Å²) in [5.74, 6) is -0.459. The van der Waals surface area contributed by atoms with E-state index < -0.39 is 12.0 Å². The van der Waals surface area contributed by atoms with Crippen molar-refractivity contribution in [2.45, 2.75) is 38.1 Å². The fraction of sp³-hybridized carbons (Fsp3) is 0.292. The number of benzene rings is 2. The number of anilines is 1. The Morgan fingerprint density at radius 1 is 1.06 bits per heavy atom. The number of esters is 1. The first kappa shape index (κ1) is 26.2. The summed E-state index contributed by atoms with van der Waals surface area (Å²) < 4.78 is 6.91. The van der Waals surface area contributed by atoms with Gasteiger partial charge in [-0.05, 0) is 51.1 Å². The number of thioether (sulfide) groups is 1. The van der Waals surface area contributed by atoms with Crippen LogP contribution < -0.4 is 10.6 Å². The van der Waals surface area contributed by atoms with Gasteiger partial charge in [0.2, 0.25) is 5.91 Å². The Bertz CT molecular complexity index is 1220. The van der Waals surface area contributed by atoms with E-state index in [-0.39, 0.29) is 29.2 Å².